The average Bonchev–Trinajstić information content (AvgIpc) is 2.80. The minimum absolute atomic E-state index is 0.521. The summed E-state index contributed by atoms with van der Waals surface area (Å²) in [5, 5.41) is 2.00. The molecule has 0 radical (unpaired) electrons. The Bertz CT molecular complexity index is 471. The molecule has 1 heterocycles. The van der Waals surface area contributed by atoms with Crippen molar-refractivity contribution in [3.63, 3.8) is 0 Å². The van der Waals surface area contributed by atoms with Gasteiger partial charge in [-0.3, -0.25) is 0 Å². The van der Waals surface area contributed by atoms with E-state index in [1.807, 2.05) is 24.7 Å². The molecule has 90 valence electrons. The Labute approximate surface area is 105 Å². The second-order valence-corrected chi connectivity index (χ2v) is 4.75. The van der Waals surface area contributed by atoms with E-state index in [1.54, 1.807) is 11.3 Å². The van der Waals surface area contributed by atoms with Crippen molar-refractivity contribution in [1.29, 1.82) is 0 Å². The topological polar surface area (TPSA) is 48.1 Å². The largest absolute Gasteiger partial charge is 0.487 e. The fourth-order valence-corrected chi connectivity index (χ4v) is 2.38. The Balaban J connectivity index is 2.15. The first-order chi connectivity index (χ1) is 8.20. The van der Waals surface area contributed by atoms with Gasteiger partial charge < -0.3 is 10.5 Å². The average molecular weight is 248 g/mol. The summed E-state index contributed by atoms with van der Waals surface area (Å²) < 4.78 is 5.81. The number of aromatic nitrogens is 1. The first-order valence-corrected chi connectivity index (χ1v) is 6.45. The highest BCUT2D eigenvalue weighted by atomic mass is 32.1. The molecule has 0 spiro atoms. The fourth-order valence-electron chi connectivity index (χ4n) is 1.84. The van der Waals surface area contributed by atoms with Gasteiger partial charge in [0, 0.05) is 11.9 Å². The van der Waals surface area contributed by atoms with E-state index in [1.165, 1.54) is 0 Å². The zero-order chi connectivity index (χ0) is 12.3. The van der Waals surface area contributed by atoms with Gasteiger partial charge in [0.05, 0.1) is 11.2 Å². The van der Waals surface area contributed by atoms with E-state index in [-0.39, 0.29) is 0 Å². The third-order valence-corrected chi connectivity index (χ3v) is 3.24. The summed E-state index contributed by atoms with van der Waals surface area (Å²) in [4.78, 5) is 4.20. The minimum Gasteiger partial charge on any atom is -0.487 e. The lowest BCUT2D eigenvalue weighted by Crippen LogP contribution is -2.02. The molecule has 2 rings (SSSR count). The smallest absolute Gasteiger partial charge is 0.131 e. The van der Waals surface area contributed by atoms with E-state index < -0.39 is 0 Å². The summed E-state index contributed by atoms with van der Waals surface area (Å²) in [6.07, 6.45) is 0. The molecule has 1 aromatic heterocycles. The Morgan fingerprint density at radius 1 is 1.29 bits per heavy atom. The normalized spacial score (nSPS) is 10.5. The zero-order valence-electron chi connectivity index (χ0n) is 10.1. The predicted octanol–water partition coefficient (Wildman–Crippen LogP) is 2.80. The van der Waals surface area contributed by atoms with Crippen molar-refractivity contribution in [3.05, 3.63) is 45.4 Å². The molecule has 0 saturated heterocycles. The molecule has 1 aromatic carbocycles. The number of aryl methyl sites for hydroxylation is 2. The lowest BCUT2D eigenvalue weighted by molar-refractivity contribution is 0.298. The third kappa shape index (κ3) is 2.84. The van der Waals surface area contributed by atoms with Crippen LogP contribution in [0.3, 0.4) is 0 Å². The molecule has 17 heavy (non-hydrogen) atoms. The van der Waals surface area contributed by atoms with Crippen LogP contribution in [-0.2, 0) is 13.2 Å². The van der Waals surface area contributed by atoms with Crippen molar-refractivity contribution in [2.45, 2.75) is 27.0 Å². The van der Waals surface area contributed by atoms with Crippen LogP contribution in [0.1, 0.15) is 22.4 Å². The maximum Gasteiger partial charge on any atom is 0.131 e. The van der Waals surface area contributed by atoms with E-state index in [9.17, 15) is 0 Å². The summed E-state index contributed by atoms with van der Waals surface area (Å²) in [6, 6.07) is 4.15. The van der Waals surface area contributed by atoms with E-state index in [4.69, 9.17) is 10.5 Å². The van der Waals surface area contributed by atoms with Crippen LogP contribution in [0, 0.1) is 13.8 Å². The quantitative estimate of drug-likeness (QED) is 0.905. The number of hydrogen-bond donors (Lipinski definition) is 1. The molecule has 2 N–H and O–H groups in total. The van der Waals surface area contributed by atoms with Crippen molar-refractivity contribution >= 4 is 11.3 Å². The molecule has 0 aliphatic rings. The van der Waals surface area contributed by atoms with Gasteiger partial charge in [0.2, 0.25) is 0 Å². The number of nitrogens with two attached hydrogens (primary N) is 1. The van der Waals surface area contributed by atoms with Gasteiger partial charge in [-0.15, -0.1) is 11.3 Å². The van der Waals surface area contributed by atoms with Gasteiger partial charge in [-0.25, -0.2) is 4.98 Å². The highest BCUT2D eigenvalue weighted by molar-refractivity contribution is 7.07. The molecule has 4 heteroatoms. The molecule has 0 fully saturated rings. The van der Waals surface area contributed by atoms with Crippen LogP contribution >= 0.6 is 11.3 Å². The number of benzene rings is 1. The first-order valence-electron chi connectivity index (χ1n) is 5.50. The van der Waals surface area contributed by atoms with Gasteiger partial charge in [-0.05, 0) is 30.5 Å². The van der Waals surface area contributed by atoms with Gasteiger partial charge in [0.1, 0.15) is 12.4 Å². The van der Waals surface area contributed by atoms with Crippen LogP contribution in [0.15, 0.2) is 23.0 Å². The Morgan fingerprint density at radius 2 is 2.00 bits per heavy atom. The molecule has 0 aliphatic carbocycles. The van der Waals surface area contributed by atoms with Crippen molar-refractivity contribution in [2.24, 2.45) is 5.73 Å². The van der Waals surface area contributed by atoms with Crippen LogP contribution in [0.25, 0.3) is 0 Å². The molecule has 0 unspecified atom stereocenters. The molecular weight excluding hydrogens is 232 g/mol. The van der Waals surface area contributed by atoms with Crippen molar-refractivity contribution in [3.8, 4) is 5.75 Å². The molecule has 0 amide bonds. The lowest BCUT2D eigenvalue weighted by atomic mass is 10.1. The second-order valence-electron chi connectivity index (χ2n) is 4.03. The third-order valence-electron chi connectivity index (χ3n) is 2.60. The van der Waals surface area contributed by atoms with Crippen molar-refractivity contribution in [1.82, 2.24) is 4.98 Å². The Hall–Kier alpha value is -1.39. The van der Waals surface area contributed by atoms with Gasteiger partial charge in [0.15, 0.2) is 0 Å². The maximum atomic E-state index is 5.81. The number of nitrogens with zero attached hydrogens (tertiary/aromatic N) is 1. The standard InChI is InChI=1S/C13H16N2OS/c1-9-3-11(5-14)4-10(2)13(9)16-6-12-7-17-8-15-12/h3-4,7-8H,5-6,14H2,1-2H3. The lowest BCUT2D eigenvalue weighted by Gasteiger charge is -2.12. The summed E-state index contributed by atoms with van der Waals surface area (Å²) >= 11 is 1.58. The minimum atomic E-state index is 0.521. The van der Waals surface area contributed by atoms with Gasteiger partial charge in [-0.2, -0.15) is 0 Å². The van der Waals surface area contributed by atoms with Crippen LogP contribution < -0.4 is 10.5 Å². The Morgan fingerprint density at radius 3 is 2.53 bits per heavy atom. The highest BCUT2D eigenvalue weighted by Crippen LogP contribution is 2.25. The molecule has 0 saturated carbocycles. The molecule has 2 aromatic rings. The second kappa shape index (κ2) is 5.29. The summed E-state index contributed by atoms with van der Waals surface area (Å²) in [7, 11) is 0. The molecule has 0 aliphatic heterocycles. The monoisotopic (exact) mass is 248 g/mol. The van der Waals surface area contributed by atoms with Crippen LogP contribution in [0.4, 0.5) is 0 Å². The van der Waals surface area contributed by atoms with Gasteiger partial charge >= 0.3 is 0 Å². The van der Waals surface area contributed by atoms with Crippen LogP contribution in [0.2, 0.25) is 0 Å². The predicted molar refractivity (Wildman–Crippen MR) is 70.3 cm³/mol. The molecule has 0 bridgehead atoms. The Kier molecular flexibility index (Phi) is 3.76. The van der Waals surface area contributed by atoms with Gasteiger partial charge in [0.25, 0.3) is 0 Å². The number of rotatable bonds is 4. The highest BCUT2D eigenvalue weighted by Gasteiger charge is 2.06. The summed E-state index contributed by atoms with van der Waals surface area (Å²) in [5.74, 6) is 0.940. The number of ether oxygens (including phenoxy) is 1. The first kappa shape index (κ1) is 12.1. The van der Waals surface area contributed by atoms with E-state index in [0.29, 0.717) is 13.2 Å². The van der Waals surface area contributed by atoms with Gasteiger partial charge in [-0.1, -0.05) is 12.1 Å². The number of thiazole rings is 1. The maximum absolute atomic E-state index is 5.81. The van der Waals surface area contributed by atoms with E-state index >= 15 is 0 Å². The van der Waals surface area contributed by atoms with Crippen LogP contribution in [0.5, 0.6) is 5.75 Å². The SMILES string of the molecule is Cc1cc(CN)cc(C)c1OCc1cscn1. The van der Waals surface area contributed by atoms with Crippen molar-refractivity contribution < 1.29 is 4.74 Å². The van der Waals surface area contributed by atoms with Crippen LogP contribution in [-0.4, -0.2) is 4.98 Å². The molecule has 3 nitrogen and oxygen atoms in total. The van der Waals surface area contributed by atoms with E-state index in [0.717, 1.165) is 28.1 Å². The van der Waals surface area contributed by atoms with Crippen molar-refractivity contribution in [2.75, 3.05) is 0 Å². The summed E-state index contributed by atoms with van der Waals surface area (Å²) in [6.45, 7) is 5.17. The summed E-state index contributed by atoms with van der Waals surface area (Å²) in [5.41, 5.74) is 11.8. The fraction of sp³-hybridized carbons (Fsp3) is 0.308. The number of hydrogen-bond acceptors (Lipinski definition) is 4. The van der Waals surface area contributed by atoms with E-state index in [2.05, 4.69) is 17.1 Å². The molecule has 0 atom stereocenters. The zero-order valence-corrected chi connectivity index (χ0v) is 10.9. The molecular formula is C13H16N2OS.